The highest BCUT2D eigenvalue weighted by Gasteiger charge is 2.21. The summed E-state index contributed by atoms with van der Waals surface area (Å²) in [7, 11) is 1.63. The average Bonchev–Trinajstić information content (AvgIpc) is 3.01. The Morgan fingerprint density at radius 1 is 1.43 bits per heavy atom. The van der Waals surface area contributed by atoms with E-state index in [0.29, 0.717) is 0 Å². The van der Waals surface area contributed by atoms with E-state index in [1.54, 1.807) is 18.4 Å². The lowest BCUT2D eigenvalue weighted by Gasteiger charge is -2.30. The van der Waals surface area contributed by atoms with Crippen molar-refractivity contribution in [3.8, 4) is 5.75 Å². The highest BCUT2D eigenvalue weighted by atomic mass is 32.1. The molecule has 0 saturated heterocycles. The highest BCUT2D eigenvalue weighted by molar-refractivity contribution is 7.10. The molecule has 0 bridgehead atoms. The minimum absolute atomic E-state index is 0.115. The maximum atomic E-state index is 8.98. The third-order valence-corrected chi connectivity index (χ3v) is 4.76. The van der Waals surface area contributed by atoms with Gasteiger partial charge in [0.2, 0.25) is 0 Å². The fraction of sp³-hybridized carbons (Fsp3) is 0.267. The number of anilines is 1. The zero-order chi connectivity index (χ0) is 14.8. The van der Waals surface area contributed by atoms with E-state index in [0.717, 1.165) is 36.5 Å². The molecule has 0 aliphatic carbocycles. The van der Waals surface area contributed by atoms with Crippen LogP contribution in [0.2, 0.25) is 0 Å². The van der Waals surface area contributed by atoms with Crippen molar-refractivity contribution in [1.82, 2.24) is 0 Å². The summed E-state index contributed by atoms with van der Waals surface area (Å²) in [6.07, 6.45) is 1.01. The Bertz CT molecular complexity index is 681. The molecule has 0 unspecified atom stereocenters. The third-order valence-electron chi connectivity index (χ3n) is 3.74. The van der Waals surface area contributed by atoms with Crippen LogP contribution in [0.4, 0.5) is 5.69 Å². The van der Waals surface area contributed by atoms with E-state index in [-0.39, 0.29) is 5.84 Å². The Morgan fingerprint density at radius 2 is 2.29 bits per heavy atom. The number of nitrogens with zero attached hydrogens (tertiary/aromatic N) is 2. The predicted octanol–water partition coefficient (Wildman–Crippen LogP) is 2.41. The number of amidine groups is 1. The van der Waals surface area contributed by atoms with Gasteiger partial charge in [-0.3, -0.25) is 0 Å². The first-order chi connectivity index (χ1) is 10.2. The van der Waals surface area contributed by atoms with Gasteiger partial charge in [-0.05, 0) is 35.6 Å². The van der Waals surface area contributed by atoms with Crippen molar-refractivity contribution in [3.63, 3.8) is 0 Å². The summed E-state index contributed by atoms with van der Waals surface area (Å²) >= 11 is 1.81. The smallest absolute Gasteiger partial charge is 0.172 e. The van der Waals surface area contributed by atoms with Crippen LogP contribution in [0.25, 0.3) is 0 Å². The zero-order valence-electron chi connectivity index (χ0n) is 11.7. The Hall–Kier alpha value is -2.21. The van der Waals surface area contributed by atoms with Gasteiger partial charge >= 0.3 is 0 Å². The Kier molecular flexibility index (Phi) is 3.70. The lowest BCUT2D eigenvalue weighted by molar-refractivity contribution is 0.318. The van der Waals surface area contributed by atoms with Crippen LogP contribution in [-0.2, 0) is 13.0 Å². The van der Waals surface area contributed by atoms with Crippen molar-refractivity contribution < 1.29 is 9.94 Å². The Labute approximate surface area is 127 Å². The number of nitrogens with two attached hydrogens (primary N) is 1. The number of ether oxygens (including phenoxy) is 1. The number of benzene rings is 1. The first kappa shape index (κ1) is 13.8. The van der Waals surface area contributed by atoms with Crippen molar-refractivity contribution in [2.24, 2.45) is 10.9 Å². The van der Waals surface area contributed by atoms with Gasteiger partial charge in [-0.2, -0.15) is 0 Å². The van der Waals surface area contributed by atoms with Gasteiger partial charge in [-0.25, -0.2) is 0 Å². The van der Waals surface area contributed by atoms with Crippen LogP contribution in [0, 0.1) is 0 Å². The SMILES string of the molecule is COc1ccc(/C(N)=N/O)c(N2CCc3sccc3C2)c1. The van der Waals surface area contributed by atoms with Crippen LogP contribution in [0.15, 0.2) is 34.8 Å². The van der Waals surface area contributed by atoms with Gasteiger partial charge in [0.15, 0.2) is 5.84 Å². The fourth-order valence-electron chi connectivity index (χ4n) is 2.62. The molecule has 0 amide bonds. The molecule has 110 valence electrons. The molecule has 0 spiro atoms. The second kappa shape index (κ2) is 5.65. The number of thiophene rings is 1. The molecule has 0 radical (unpaired) electrons. The van der Waals surface area contributed by atoms with Gasteiger partial charge in [-0.15, -0.1) is 11.3 Å². The van der Waals surface area contributed by atoms with E-state index in [4.69, 9.17) is 15.7 Å². The van der Waals surface area contributed by atoms with E-state index in [1.165, 1.54) is 10.4 Å². The zero-order valence-corrected chi connectivity index (χ0v) is 12.6. The molecule has 0 saturated carbocycles. The van der Waals surface area contributed by atoms with Crippen LogP contribution in [0.1, 0.15) is 16.0 Å². The van der Waals surface area contributed by atoms with Gasteiger partial charge in [0, 0.05) is 29.6 Å². The minimum Gasteiger partial charge on any atom is -0.497 e. The van der Waals surface area contributed by atoms with Crippen LogP contribution in [0.3, 0.4) is 0 Å². The highest BCUT2D eigenvalue weighted by Crippen LogP contribution is 2.32. The lowest BCUT2D eigenvalue weighted by atomic mass is 10.1. The lowest BCUT2D eigenvalue weighted by Crippen LogP contribution is -2.31. The molecular formula is C15H17N3O2S. The van der Waals surface area contributed by atoms with Gasteiger partial charge in [0.25, 0.3) is 0 Å². The van der Waals surface area contributed by atoms with Crippen LogP contribution < -0.4 is 15.4 Å². The number of methoxy groups -OCH3 is 1. The van der Waals surface area contributed by atoms with Gasteiger partial charge in [-0.1, -0.05) is 5.16 Å². The minimum atomic E-state index is 0.115. The summed E-state index contributed by atoms with van der Waals surface area (Å²) in [6, 6.07) is 7.74. The molecule has 1 aliphatic rings. The second-order valence-corrected chi connectivity index (χ2v) is 5.91. The van der Waals surface area contributed by atoms with Crippen LogP contribution in [0.5, 0.6) is 5.75 Å². The molecule has 2 heterocycles. The Balaban J connectivity index is 2.01. The Morgan fingerprint density at radius 3 is 3.05 bits per heavy atom. The van der Waals surface area contributed by atoms with Crippen molar-refractivity contribution in [2.75, 3.05) is 18.6 Å². The van der Waals surface area contributed by atoms with Crippen LogP contribution in [-0.4, -0.2) is 24.7 Å². The topological polar surface area (TPSA) is 71.1 Å². The van der Waals surface area contributed by atoms with E-state index in [2.05, 4.69) is 21.5 Å². The monoisotopic (exact) mass is 303 g/mol. The summed E-state index contributed by atoms with van der Waals surface area (Å²) in [5.74, 6) is 0.874. The summed E-state index contributed by atoms with van der Waals surface area (Å²) in [4.78, 5) is 3.68. The largest absolute Gasteiger partial charge is 0.497 e. The predicted molar refractivity (Wildman–Crippen MR) is 84.6 cm³/mol. The normalized spacial score (nSPS) is 14.9. The molecule has 2 aromatic rings. The third kappa shape index (κ3) is 2.54. The maximum absolute atomic E-state index is 8.98. The molecule has 1 aromatic carbocycles. The second-order valence-electron chi connectivity index (χ2n) is 4.91. The molecule has 1 aromatic heterocycles. The van der Waals surface area contributed by atoms with Crippen molar-refractivity contribution in [2.45, 2.75) is 13.0 Å². The number of oxime groups is 1. The standard InChI is InChI=1S/C15H17N3O2S/c1-20-11-2-3-12(15(16)17-19)13(8-11)18-6-4-14-10(9-18)5-7-21-14/h2-3,5,7-8,19H,4,6,9H2,1H3,(H2,16,17). The van der Waals surface area contributed by atoms with Gasteiger partial charge in [0.1, 0.15) is 5.75 Å². The summed E-state index contributed by atoms with van der Waals surface area (Å²) < 4.78 is 5.30. The molecule has 5 nitrogen and oxygen atoms in total. The first-order valence-corrected chi connectivity index (χ1v) is 7.57. The molecule has 0 fully saturated rings. The molecule has 3 rings (SSSR count). The molecule has 6 heteroatoms. The first-order valence-electron chi connectivity index (χ1n) is 6.69. The molecular weight excluding hydrogens is 286 g/mol. The summed E-state index contributed by atoms with van der Waals surface area (Å²) in [6.45, 7) is 1.74. The molecule has 0 atom stereocenters. The summed E-state index contributed by atoms with van der Waals surface area (Å²) in [5.41, 5.74) is 8.80. The average molecular weight is 303 g/mol. The molecule has 1 aliphatic heterocycles. The number of rotatable bonds is 3. The van der Waals surface area contributed by atoms with Crippen molar-refractivity contribution in [3.05, 3.63) is 45.6 Å². The van der Waals surface area contributed by atoms with Crippen molar-refractivity contribution in [1.29, 1.82) is 0 Å². The van der Waals surface area contributed by atoms with E-state index in [1.807, 2.05) is 18.2 Å². The summed E-state index contributed by atoms with van der Waals surface area (Å²) in [5, 5.41) is 14.2. The number of hydrogen-bond acceptors (Lipinski definition) is 5. The quantitative estimate of drug-likeness (QED) is 0.395. The number of fused-ring (bicyclic) bond motifs is 1. The van der Waals surface area contributed by atoms with E-state index < -0.39 is 0 Å². The number of hydrogen-bond donors (Lipinski definition) is 2. The fourth-order valence-corrected chi connectivity index (χ4v) is 3.51. The van der Waals surface area contributed by atoms with Crippen LogP contribution >= 0.6 is 11.3 Å². The van der Waals surface area contributed by atoms with Crippen molar-refractivity contribution >= 4 is 22.9 Å². The molecule has 21 heavy (non-hydrogen) atoms. The molecule has 3 N–H and O–H groups in total. The van der Waals surface area contributed by atoms with E-state index >= 15 is 0 Å². The van der Waals surface area contributed by atoms with Gasteiger partial charge in [0.05, 0.1) is 12.8 Å². The van der Waals surface area contributed by atoms with E-state index in [9.17, 15) is 0 Å². The maximum Gasteiger partial charge on any atom is 0.172 e. The van der Waals surface area contributed by atoms with Gasteiger partial charge < -0.3 is 20.6 Å².